The molecule has 0 spiro atoms. The van der Waals surface area contributed by atoms with E-state index in [2.05, 4.69) is 15.4 Å². The highest BCUT2D eigenvalue weighted by molar-refractivity contribution is 5.93. The molecule has 0 aliphatic heterocycles. The number of aryl methyl sites for hydroxylation is 2. The largest absolute Gasteiger partial charge is 0.465 e. The normalized spacial score (nSPS) is 11.0. The minimum absolute atomic E-state index is 0.189. The minimum Gasteiger partial charge on any atom is -0.465 e. The molecule has 108 valence electrons. The van der Waals surface area contributed by atoms with E-state index in [1.165, 1.54) is 10.6 Å². The molecule has 1 amide bonds. The monoisotopic (exact) mass is 286 g/mol. The number of nitrogens with one attached hydrogen (secondary N) is 2. The second-order valence-corrected chi connectivity index (χ2v) is 4.82. The Morgan fingerprint density at radius 2 is 2.24 bits per heavy atom. The van der Waals surface area contributed by atoms with E-state index in [1.54, 1.807) is 19.2 Å². The number of aromatic nitrogens is 3. The van der Waals surface area contributed by atoms with Crippen molar-refractivity contribution in [2.75, 3.05) is 0 Å². The maximum Gasteiger partial charge on any atom is 0.274 e. The van der Waals surface area contributed by atoms with Gasteiger partial charge in [-0.2, -0.15) is 5.10 Å². The van der Waals surface area contributed by atoms with Gasteiger partial charge in [-0.1, -0.05) is 0 Å². The van der Waals surface area contributed by atoms with Crippen molar-refractivity contribution in [3.8, 4) is 0 Å². The number of amides is 1. The van der Waals surface area contributed by atoms with Gasteiger partial charge in [0.05, 0.1) is 6.54 Å². The first kappa shape index (κ1) is 13.2. The number of nitrogens with zero attached hydrogens (tertiary/aromatic N) is 2. The second kappa shape index (κ2) is 4.93. The lowest BCUT2D eigenvalue weighted by Crippen LogP contribution is -2.23. The first-order valence-electron chi connectivity index (χ1n) is 6.46. The van der Waals surface area contributed by atoms with Gasteiger partial charge in [-0.25, -0.2) is 4.52 Å². The Labute approximate surface area is 119 Å². The fraction of sp³-hybridized carbons (Fsp3) is 0.214. The molecule has 0 bridgehead atoms. The number of furan rings is 1. The molecule has 0 atom stereocenters. The van der Waals surface area contributed by atoms with Crippen molar-refractivity contribution in [2.24, 2.45) is 0 Å². The van der Waals surface area contributed by atoms with E-state index in [0.29, 0.717) is 17.0 Å². The first-order chi connectivity index (χ1) is 10.0. The Morgan fingerprint density at radius 3 is 2.95 bits per heavy atom. The van der Waals surface area contributed by atoms with Gasteiger partial charge < -0.3 is 14.7 Å². The molecule has 0 saturated carbocycles. The van der Waals surface area contributed by atoms with E-state index in [4.69, 9.17) is 4.42 Å². The molecule has 21 heavy (non-hydrogen) atoms. The number of H-pyrrole nitrogens is 1. The molecule has 7 heteroatoms. The third-order valence-corrected chi connectivity index (χ3v) is 3.05. The molecule has 0 aliphatic rings. The van der Waals surface area contributed by atoms with Crippen LogP contribution in [0, 0.1) is 13.8 Å². The van der Waals surface area contributed by atoms with E-state index in [1.807, 2.05) is 13.0 Å². The average molecular weight is 286 g/mol. The Balaban J connectivity index is 1.81. The number of carbonyl (C=O) groups excluding carboxylic acids is 1. The van der Waals surface area contributed by atoms with Crippen LogP contribution >= 0.6 is 0 Å². The van der Waals surface area contributed by atoms with Gasteiger partial charge in [0.1, 0.15) is 17.0 Å². The third-order valence-electron chi connectivity index (χ3n) is 3.05. The summed E-state index contributed by atoms with van der Waals surface area (Å²) in [6, 6.07) is 5.09. The lowest BCUT2D eigenvalue weighted by atomic mass is 10.3. The van der Waals surface area contributed by atoms with Gasteiger partial charge in [0.15, 0.2) is 5.69 Å². The number of hydrogen-bond acceptors (Lipinski definition) is 4. The Hall–Kier alpha value is -2.83. The Morgan fingerprint density at radius 1 is 1.43 bits per heavy atom. The van der Waals surface area contributed by atoms with Crippen LogP contribution in [0.4, 0.5) is 0 Å². The number of fused-ring (bicyclic) bond motifs is 1. The summed E-state index contributed by atoms with van der Waals surface area (Å²) in [6.45, 7) is 3.86. The van der Waals surface area contributed by atoms with Crippen LogP contribution < -0.4 is 10.9 Å². The second-order valence-electron chi connectivity index (χ2n) is 4.82. The lowest BCUT2D eigenvalue weighted by Gasteiger charge is -1.99. The average Bonchev–Trinajstić information content (AvgIpc) is 3.02. The zero-order valence-corrected chi connectivity index (χ0v) is 11.6. The van der Waals surface area contributed by atoms with Gasteiger partial charge in [0.2, 0.25) is 0 Å². The van der Waals surface area contributed by atoms with Gasteiger partial charge in [-0.3, -0.25) is 9.59 Å². The first-order valence-corrected chi connectivity index (χ1v) is 6.46. The van der Waals surface area contributed by atoms with Crippen LogP contribution in [0.5, 0.6) is 0 Å². The summed E-state index contributed by atoms with van der Waals surface area (Å²) in [5.74, 6) is 1.09. The maximum atomic E-state index is 12.0. The minimum atomic E-state index is -0.357. The molecule has 3 aromatic rings. The van der Waals surface area contributed by atoms with Gasteiger partial charge >= 0.3 is 0 Å². The standard InChI is InChI=1S/C14H14N4O3/c1-8-7-18-12(14(20)16-8)5-11(17-18)13(19)15-6-10-4-3-9(2)21-10/h3-5,7H,6H2,1-2H3,(H,15,19)(H,16,20). The topological polar surface area (TPSA) is 92.4 Å². The van der Waals surface area contributed by atoms with E-state index in [-0.39, 0.29) is 23.7 Å². The highest BCUT2D eigenvalue weighted by Gasteiger charge is 2.13. The highest BCUT2D eigenvalue weighted by atomic mass is 16.3. The van der Waals surface area contributed by atoms with E-state index >= 15 is 0 Å². The number of aromatic amines is 1. The number of hydrogen-bond donors (Lipinski definition) is 2. The number of rotatable bonds is 3. The van der Waals surface area contributed by atoms with Gasteiger partial charge in [0.25, 0.3) is 11.5 Å². The fourth-order valence-electron chi connectivity index (χ4n) is 2.07. The van der Waals surface area contributed by atoms with Crippen LogP contribution in [0.25, 0.3) is 5.52 Å². The number of carbonyl (C=O) groups is 1. The summed E-state index contributed by atoms with van der Waals surface area (Å²) in [6.07, 6.45) is 1.66. The summed E-state index contributed by atoms with van der Waals surface area (Å²) < 4.78 is 6.77. The van der Waals surface area contributed by atoms with Gasteiger partial charge in [-0.05, 0) is 26.0 Å². The van der Waals surface area contributed by atoms with Crippen LogP contribution in [-0.2, 0) is 6.54 Å². The Kier molecular flexibility index (Phi) is 3.09. The summed E-state index contributed by atoms with van der Waals surface area (Å²) in [5, 5.41) is 6.81. The quantitative estimate of drug-likeness (QED) is 0.755. The van der Waals surface area contributed by atoms with Crippen molar-refractivity contribution in [2.45, 2.75) is 20.4 Å². The van der Waals surface area contributed by atoms with Crippen LogP contribution in [0.3, 0.4) is 0 Å². The molecule has 3 heterocycles. The highest BCUT2D eigenvalue weighted by Crippen LogP contribution is 2.07. The summed E-state index contributed by atoms with van der Waals surface area (Å²) in [4.78, 5) is 26.5. The van der Waals surface area contributed by atoms with Crippen LogP contribution in [0.15, 0.2) is 33.6 Å². The van der Waals surface area contributed by atoms with E-state index in [0.717, 1.165) is 5.76 Å². The van der Waals surface area contributed by atoms with Crippen molar-refractivity contribution in [3.05, 3.63) is 57.7 Å². The SMILES string of the molecule is Cc1cn2nc(C(=O)NCc3ccc(C)o3)cc2c(=O)[nH]1. The van der Waals surface area contributed by atoms with Crippen molar-refractivity contribution in [1.29, 1.82) is 0 Å². The molecular formula is C14H14N4O3. The molecule has 7 nitrogen and oxygen atoms in total. The van der Waals surface area contributed by atoms with E-state index in [9.17, 15) is 9.59 Å². The van der Waals surface area contributed by atoms with Crippen LogP contribution in [0.2, 0.25) is 0 Å². The summed E-state index contributed by atoms with van der Waals surface area (Å²) in [7, 11) is 0. The molecule has 0 fully saturated rings. The maximum absolute atomic E-state index is 12.0. The van der Waals surface area contributed by atoms with Crippen LogP contribution in [0.1, 0.15) is 27.7 Å². The van der Waals surface area contributed by atoms with Crippen LogP contribution in [-0.4, -0.2) is 20.5 Å². The third kappa shape index (κ3) is 2.58. The predicted molar refractivity (Wildman–Crippen MR) is 75.2 cm³/mol. The summed E-state index contributed by atoms with van der Waals surface area (Å²) >= 11 is 0. The van der Waals surface area contributed by atoms with Gasteiger partial charge in [0, 0.05) is 18.0 Å². The molecule has 0 aliphatic carbocycles. The lowest BCUT2D eigenvalue weighted by molar-refractivity contribution is 0.0942. The molecule has 0 saturated heterocycles. The molecule has 2 N–H and O–H groups in total. The molecule has 0 aromatic carbocycles. The molecular weight excluding hydrogens is 272 g/mol. The van der Waals surface area contributed by atoms with Crippen molar-refractivity contribution >= 4 is 11.4 Å². The zero-order chi connectivity index (χ0) is 15.0. The zero-order valence-electron chi connectivity index (χ0n) is 11.6. The smallest absolute Gasteiger partial charge is 0.274 e. The van der Waals surface area contributed by atoms with Crippen molar-refractivity contribution in [1.82, 2.24) is 19.9 Å². The van der Waals surface area contributed by atoms with Gasteiger partial charge in [-0.15, -0.1) is 0 Å². The summed E-state index contributed by atoms with van der Waals surface area (Å²) in [5.41, 5.74) is 0.922. The molecule has 0 radical (unpaired) electrons. The van der Waals surface area contributed by atoms with E-state index < -0.39 is 0 Å². The molecule has 3 rings (SSSR count). The molecule has 3 aromatic heterocycles. The fourth-order valence-corrected chi connectivity index (χ4v) is 2.07. The Bertz CT molecular complexity index is 872. The van der Waals surface area contributed by atoms with Crippen molar-refractivity contribution < 1.29 is 9.21 Å². The predicted octanol–water partition coefficient (Wildman–Crippen LogP) is 1.16. The van der Waals surface area contributed by atoms with Crippen molar-refractivity contribution in [3.63, 3.8) is 0 Å². The molecule has 0 unspecified atom stereocenters.